The molecule has 0 aliphatic carbocycles. The van der Waals surface area contributed by atoms with Gasteiger partial charge >= 0.3 is 0 Å². The highest BCUT2D eigenvalue weighted by atomic mass is 16.5. The van der Waals surface area contributed by atoms with E-state index >= 15 is 0 Å². The summed E-state index contributed by atoms with van der Waals surface area (Å²) in [7, 11) is 0. The van der Waals surface area contributed by atoms with E-state index in [0.29, 0.717) is 10.9 Å². The zero-order valence-electron chi connectivity index (χ0n) is 9.27. The normalized spacial score (nSPS) is 9.62. The molecule has 0 atom stereocenters. The van der Waals surface area contributed by atoms with Gasteiger partial charge < -0.3 is 16.7 Å². The van der Waals surface area contributed by atoms with Gasteiger partial charge in [-0.15, -0.1) is 0 Å². The molecule has 0 spiro atoms. The lowest BCUT2D eigenvalue weighted by molar-refractivity contribution is 0.100. The van der Waals surface area contributed by atoms with E-state index in [1.54, 1.807) is 24.3 Å². The van der Waals surface area contributed by atoms with Gasteiger partial charge in [0.15, 0.2) is 5.82 Å². The van der Waals surface area contributed by atoms with E-state index in [9.17, 15) is 10.0 Å². The van der Waals surface area contributed by atoms with Crippen LogP contribution < -0.4 is 11.5 Å². The second kappa shape index (κ2) is 4.57. The van der Waals surface area contributed by atoms with Gasteiger partial charge in [-0.1, -0.05) is 32.0 Å². The highest BCUT2D eigenvalue weighted by Crippen LogP contribution is 2.25. The Labute approximate surface area is 93.2 Å². The van der Waals surface area contributed by atoms with Crippen LogP contribution >= 0.6 is 0 Å². The Kier molecular flexibility index (Phi) is 3.40. The highest BCUT2D eigenvalue weighted by molar-refractivity contribution is 6.10. The summed E-state index contributed by atoms with van der Waals surface area (Å²) >= 11 is 0. The van der Waals surface area contributed by atoms with Crippen LogP contribution in [0.2, 0.25) is 0 Å². The fraction of sp³-hybridized carbons (Fsp3) is 0.182. The lowest BCUT2D eigenvalue weighted by Crippen LogP contribution is -2.13. The molecule has 2 aromatic rings. The summed E-state index contributed by atoms with van der Waals surface area (Å²) in [5.41, 5.74) is 11.3. The first-order chi connectivity index (χ1) is 7.63. The maximum Gasteiger partial charge on any atom is 0.253 e. The second-order valence-corrected chi connectivity index (χ2v) is 2.95. The molecule has 1 heterocycles. The van der Waals surface area contributed by atoms with Crippen molar-refractivity contribution < 1.29 is 10.0 Å². The molecule has 5 N–H and O–H groups in total. The van der Waals surface area contributed by atoms with Gasteiger partial charge in [-0.25, -0.2) is 0 Å². The molecule has 2 rings (SSSR count). The molecule has 1 amide bonds. The first-order valence-electron chi connectivity index (χ1n) is 5.01. The monoisotopic (exact) mass is 221 g/mol. The number of carbonyl (C=O) groups excluding carboxylic acids is 1. The molecule has 5 nitrogen and oxygen atoms in total. The highest BCUT2D eigenvalue weighted by Gasteiger charge is 2.17. The molecule has 5 heteroatoms. The predicted octanol–water partition coefficient (Wildman–Crippen LogP) is 1.59. The minimum atomic E-state index is -0.647. The Morgan fingerprint density at radius 1 is 1.31 bits per heavy atom. The number of aromatic nitrogens is 1. The van der Waals surface area contributed by atoms with Crippen LogP contribution in [0.1, 0.15) is 24.2 Å². The number of benzene rings is 1. The molecule has 0 saturated carbocycles. The minimum Gasteiger partial charge on any atom is -0.426 e. The van der Waals surface area contributed by atoms with Gasteiger partial charge in [0.25, 0.3) is 5.91 Å². The first kappa shape index (κ1) is 11.9. The summed E-state index contributed by atoms with van der Waals surface area (Å²) < 4.78 is 0.759. The Morgan fingerprint density at radius 2 is 1.88 bits per heavy atom. The average molecular weight is 221 g/mol. The van der Waals surface area contributed by atoms with Gasteiger partial charge in [0, 0.05) is 5.39 Å². The molecule has 0 aliphatic heterocycles. The van der Waals surface area contributed by atoms with Crippen LogP contribution in [0.25, 0.3) is 10.9 Å². The smallest absolute Gasteiger partial charge is 0.253 e. The number of para-hydroxylation sites is 1. The van der Waals surface area contributed by atoms with Crippen molar-refractivity contribution in [3.05, 3.63) is 29.8 Å². The molecule has 1 aromatic carbocycles. The number of nitrogens with two attached hydrogens (primary N) is 2. The second-order valence-electron chi connectivity index (χ2n) is 2.95. The van der Waals surface area contributed by atoms with E-state index in [-0.39, 0.29) is 11.4 Å². The van der Waals surface area contributed by atoms with Crippen LogP contribution in [0, 0.1) is 0 Å². The maximum absolute atomic E-state index is 11.1. The van der Waals surface area contributed by atoms with Gasteiger partial charge in [0.05, 0.1) is 11.1 Å². The summed E-state index contributed by atoms with van der Waals surface area (Å²) in [5.74, 6) is -0.676. The van der Waals surface area contributed by atoms with E-state index in [2.05, 4.69) is 0 Å². The average Bonchev–Trinajstić information content (AvgIpc) is 2.55. The van der Waals surface area contributed by atoms with E-state index < -0.39 is 5.91 Å². The topological polar surface area (TPSA) is 94.3 Å². The molecular weight excluding hydrogens is 206 g/mol. The third kappa shape index (κ3) is 1.67. The van der Waals surface area contributed by atoms with Crippen LogP contribution in [-0.4, -0.2) is 15.8 Å². The summed E-state index contributed by atoms with van der Waals surface area (Å²) in [6, 6.07) is 6.81. The third-order valence-electron chi connectivity index (χ3n) is 2.13. The molecule has 0 aliphatic rings. The number of nitrogens with zero attached hydrogens (tertiary/aromatic N) is 1. The number of primary amides is 1. The number of carbonyl (C=O) groups is 1. The van der Waals surface area contributed by atoms with Crippen molar-refractivity contribution in [3.63, 3.8) is 0 Å². The number of amides is 1. The van der Waals surface area contributed by atoms with Gasteiger partial charge in [-0.2, -0.15) is 4.73 Å². The lowest BCUT2D eigenvalue weighted by atomic mass is 10.1. The molecule has 0 bridgehead atoms. The van der Waals surface area contributed by atoms with Crippen molar-refractivity contribution in [3.8, 4) is 0 Å². The Morgan fingerprint density at radius 3 is 2.44 bits per heavy atom. The molecule has 0 unspecified atom stereocenters. The van der Waals surface area contributed by atoms with Crippen LogP contribution in [0.3, 0.4) is 0 Å². The number of nitrogen functional groups attached to an aromatic ring is 1. The van der Waals surface area contributed by atoms with Crippen LogP contribution in [0.5, 0.6) is 0 Å². The quantitative estimate of drug-likeness (QED) is 0.638. The van der Waals surface area contributed by atoms with E-state index in [1.165, 1.54) is 0 Å². The van der Waals surface area contributed by atoms with E-state index in [4.69, 9.17) is 11.5 Å². The van der Waals surface area contributed by atoms with E-state index in [1.807, 2.05) is 13.8 Å². The fourth-order valence-electron chi connectivity index (χ4n) is 1.50. The minimum absolute atomic E-state index is 0.0290. The maximum atomic E-state index is 11.1. The van der Waals surface area contributed by atoms with Gasteiger partial charge in [-0.05, 0) is 6.07 Å². The van der Waals surface area contributed by atoms with Crippen molar-refractivity contribution in [1.82, 2.24) is 4.73 Å². The summed E-state index contributed by atoms with van der Waals surface area (Å²) in [5, 5.41) is 10.1. The molecule has 0 saturated heterocycles. The predicted molar refractivity (Wildman–Crippen MR) is 63.4 cm³/mol. The zero-order chi connectivity index (χ0) is 12.3. The van der Waals surface area contributed by atoms with Crippen molar-refractivity contribution in [1.29, 1.82) is 0 Å². The molecule has 0 fully saturated rings. The number of rotatable bonds is 1. The fourth-order valence-corrected chi connectivity index (χ4v) is 1.50. The molecule has 1 aromatic heterocycles. The summed E-state index contributed by atoms with van der Waals surface area (Å²) in [6.07, 6.45) is 0. The SMILES string of the molecule is CC.NC(=O)c1c(N)n(O)c2ccccc12. The van der Waals surface area contributed by atoms with Gasteiger partial charge in [0.2, 0.25) is 0 Å². The Balaban J connectivity index is 0.000000606. The van der Waals surface area contributed by atoms with Crippen molar-refractivity contribution in [2.45, 2.75) is 13.8 Å². The van der Waals surface area contributed by atoms with Crippen molar-refractivity contribution in [2.75, 3.05) is 5.73 Å². The largest absolute Gasteiger partial charge is 0.426 e. The van der Waals surface area contributed by atoms with Crippen LogP contribution in [0.15, 0.2) is 24.3 Å². The summed E-state index contributed by atoms with van der Waals surface area (Å²) in [6.45, 7) is 4.00. The number of anilines is 1. The van der Waals surface area contributed by atoms with Crippen molar-refractivity contribution >= 4 is 22.6 Å². The van der Waals surface area contributed by atoms with Gasteiger partial charge in [-0.3, -0.25) is 4.79 Å². The molecule has 16 heavy (non-hydrogen) atoms. The number of fused-ring (bicyclic) bond motifs is 1. The standard InChI is InChI=1S/C9H9N3O2.C2H6/c10-8-7(9(11)13)5-3-1-2-4-6(5)12(8)14;1-2/h1-4,14H,10H2,(H2,11,13);1-2H3. The van der Waals surface area contributed by atoms with Crippen LogP contribution in [0.4, 0.5) is 5.82 Å². The Bertz CT molecular complexity index is 517. The third-order valence-corrected chi connectivity index (χ3v) is 2.13. The zero-order valence-corrected chi connectivity index (χ0v) is 9.27. The molecule has 0 radical (unpaired) electrons. The summed E-state index contributed by atoms with van der Waals surface area (Å²) in [4.78, 5) is 11.1. The Hall–Kier alpha value is -2.17. The van der Waals surface area contributed by atoms with Crippen LogP contribution in [-0.2, 0) is 0 Å². The number of hydrogen-bond acceptors (Lipinski definition) is 3. The van der Waals surface area contributed by atoms with Gasteiger partial charge in [0.1, 0.15) is 0 Å². The molecular formula is C11H15N3O2. The van der Waals surface area contributed by atoms with E-state index in [0.717, 1.165) is 4.73 Å². The first-order valence-corrected chi connectivity index (χ1v) is 5.01. The lowest BCUT2D eigenvalue weighted by Gasteiger charge is -1.95. The molecule has 86 valence electrons. The van der Waals surface area contributed by atoms with Crippen molar-refractivity contribution in [2.24, 2.45) is 5.73 Å². The number of hydrogen-bond donors (Lipinski definition) is 3.